The van der Waals surface area contributed by atoms with Crippen molar-refractivity contribution in [3.05, 3.63) is 21.3 Å². The van der Waals surface area contributed by atoms with Crippen LogP contribution in [0.4, 0.5) is 0 Å². The standard InChI is InChI=1S/C15H22ClNS/c16-14-8-9-18-15(14)13-5-3-1-2-4-11(13)10-17-12-6-7-12/h8-9,11-13,17H,1-7,10H2. The summed E-state index contributed by atoms with van der Waals surface area (Å²) < 4.78 is 0. The van der Waals surface area contributed by atoms with Crippen LogP contribution in [0.25, 0.3) is 0 Å². The fraction of sp³-hybridized carbons (Fsp3) is 0.733. The molecule has 2 saturated carbocycles. The number of hydrogen-bond acceptors (Lipinski definition) is 2. The van der Waals surface area contributed by atoms with Crippen LogP contribution in [0.3, 0.4) is 0 Å². The summed E-state index contributed by atoms with van der Waals surface area (Å²) in [7, 11) is 0. The SMILES string of the molecule is Clc1ccsc1C1CCCCCC1CNC1CC1. The van der Waals surface area contributed by atoms with E-state index in [1.807, 2.05) is 11.3 Å². The van der Waals surface area contributed by atoms with Gasteiger partial charge < -0.3 is 5.32 Å². The Bertz CT molecular complexity index is 386. The molecule has 0 amide bonds. The lowest BCUT2D eigenvalue weighted by Crippen LogP contribution is -2.28. The zero-order valence-corrected chi connectivity index (χ0v) is 12.4. The first-order valence-corrected chi connectivity index (χ1v) is 8.56. The van der Waals surface area contributed by atoms with E-state index in [4.69, 9.17) is 11.6 Å². The first kappa shape index (κ1) is 13.0. The largest absolute Gasteiger partial charge is 0.314 e. The molecule has 3 heteroatoms. The highest BCUT2D eigenvalue weighted by Crippen LogP contribution is 2.42. The molecule has 0 radical (unpaired) electrons. The van der Waals surface area contributed by atoms with E-state index in [-0.39, 0.29) is 0 Å². The third-order valence-electron chi connectivity index (χ3n) is 4.39. The lowest BCUT2D eigenvalue weighted by Gasteiger charge is -2.25. The van der Waals surface area contributed by atoms with Crippen LogP contribution in [-0.2, 0) is 0 Å². The van der Waals surface area contributed by atoms with E-state index in [0.29, 0.717) is 5.92 Å². The highest BCUT2D eigenvalue weighted by atomic mass is 35.5. The zero-order valence-electron chi connectivity index (χ0n) is 10.8. The van der Waals surface area contributed by atoms with Crippen molar-refractivity contribution in [3.63, 3.8) is 0 Å². The minimum atomic E-state index is 0.700. The van der Waals surface area contributed by atoms with Gasteiger partial charge in [-0.05, 0) is 55.5 Å². The summed E-state index contributed by atoms with van der Waals surface area (Å²) >= 11 is 8.22. The van der Waals surface area contributed by atoms with Gasteiger partial charge in [0, 0.05) is 10.9 Å². The van der Waals surface area contributed by atoms with Gasteiger partial charge in [-0.1, -0.05) is 30.9 Å². The van der Waals surface area contributed by atoms with Gasteiger partial charge in [-0.2, -0.15) is 0 Å². The summed E-state index contributed by atoms with van der Waals surface area (Å²) in [5.74, 6) is 1.50. The monoisotopic (exact) mass is 283 g/mol. The maximum Gasteiger partial charge on any atom is 0.0547 e. The van der Waals surface area contributed by atoms with E-state index in [1.54, 1.807) is 0 Å². The fourth-order valence-electron chi connectivity index (χ4n) is 3.15. The van der Waals surface area contributed by atoms with Crippen molar-refractivity contribution in [1.29, 1.82) is 0 Å². The first-order valence-electron chi connectivity index (χ1n) is 7.31. The molecule has 0 bridgehead atoms. The van der Waals surface area contributed by atoms with Gasteiger partial charge in [-0.15, -0.1) is 11.3 Å². The van der Waals surface area contributed by atoms with Crippen molar-refractivity contribution in [3.8, 4) is 0 Å². The van der Waals surface area contributed by atoms with Gasteiger partial charge in [0.05, 0.1) is 5.02 Å². The van der Waals surface area contributed by atoms with Gasteiger partial charge in [-0.25, -0.2) is 0 Å². The first-order chi connectivity index (χ1) is 8.84. The Hall–Kier alpha value is -0.0500. The summed E-state index contributed by atoms with van der Waals surface area (Å²) in [6.45, 7) is 1.20. The number of nitrogens with one attached hydrogen (secondary N) is 1. The molecule has 2 aliphatic rings. The molecule has 2 unspecified atom stereocenters. The molecular weight excluding hydrogens is 262 g/mol. The Morgan fingerprint density at radius 3 is 2.72 bits per heavy atom. The van der Waals surface area contributed by atoms with Crippen LogP contribution in [-0.4, -0.2) is 12.6 Å². The number of halogens is 1. The lowest BCUT2D eigenvalue weighted by atomic mass is 9.86. The van der Waals surface area contributed by atoms with Crippen LogP contribution in [0.1, 0.15) is 55.7 Å². The third kappa shape index (κ3) is 3.09. The summed E-state index contributed by atoms with van der Waals surface area (Å²) in [4.78, 5) is 1.45. The Labute approximate surface area is 119 Å². The van der Waals surface area contributed by atoms with Crippen LogP contribution in [0.15, 0.2) is 11.4 Å². The Kier molecular flexibility index (Phi) is 4.27. The molecule has 0 spiro atoms. The summed E-state index contributed by atoms with van der Waals surface area (Å²) in [6, 6.07) is 2.89. The molecule has 1 N–H and O–H groups in total. The Morgan fingerprint density at radius 1 is 1.17 bits per heavy atom. The highest BCUT2D eigenvalue weighted by Gasteiger charge is 2.29. The maximum atomic E-state index is 6.36. The molecular formula is C15H22ClNS. The van der Waals surface area contributed by atoms with Crippen LogP contribution >= 0.6 is 22.9 Å². The predicted octanol–water partition coefficient (Wildman–Crippen LogP) is 4.82. The van der Waals surface area contributed by atoms with E-state index in [9.17, 15) is 0 Å². The number of rotatable bonds is 4. The van der Waals surface area contributed by atoms with Gasteiger partial charge in [0.1, 0.15) is 0 Å². The molecule has 1 heterocycles. The third-order valence-corrected chi connectivity index (χ3v) is 5.88. The second-order valence-electron chi connectivity index (χ2n) is 5.82. The normalized spacial score (nSPS) is 29.2. The topological polar surface area (TPSA) is 12.0 Å². The summed E-state index contributed by atoms with van der Waals surface area (Å²) in [6.07, 6.45) is 9.65. The summed E-state index contributed by atoms with van der Waals surface area (Å²) in [5, 5.41) is 6.88. The number of hydrogen-bond donors (Lipinski definition) is 1. The molecule has 3 rings (SSSR count). The highest BCUT2D eigenvalue weighted by molar-refractivity contribution is 7.10. The molecule has 2 aliphatic carbocycles. The molecule has 18 heavy (non-hydrogen) atoms. The smallest absolute Gasteiger partial charge is 0.0547 e. The van der Waals surface area contributed by atoms with Crippen molar-refractivity contribution < 1.29 is 0 Å². The van der Waals surface area contributed by atoms with E-state index < -0.39 is 0 Å². The Balaban J connectivity index is 1.71. The quantitative estimate of drug-likeness (QED) is 0.782. The predicted molar refractivity (Wildman–Crippen MR) is 79.7 cm³/mol. The molecule has 100 valence electrons. The molecule has 1 nitrogen and oxygen atoms in total. The molecule has 1 aromatic heterocycles. The van der Waals surface area contributed by atoms with Crippen molar-refractivity contribution in [1.82, 2.24) is 5.32 Å². The van der Waals surface area contributed by atoms with Gasteiger partial charge in [0.2, 0.25) is 0 Å². The lowest BCUT2D eigenvalue weighted by molar-refractivity contribution is 0.378. The molecule has 2 fully saturated rings. The molecule has 0 aliphatic heterocycles. The van der Waals surface area contributed by atoms with Gasteiger partial charge in [0.15, 0.2) is 0 Å². The minimum Gasteiger partial charge on any atom is -0.314 e. The van der Waals surface area contributed by atoms with Crippen LogP contribution in [0, 0.1) is 5.92 Å². The van der Waals surface area contributed by atoms with Crippen molar-refractivity contribution in [2.75, 3.05) is 6.54 Å². The molecule has 1 aromatic rings. The second kappa shape index (κ2) is 5.94. The maximum absolute atomic E-state index is 6.36. The van der Waals surface area contributed by atoms with Crippen LogP contribution in [0.2, 0.25) is 5.02 Å². The van der Waals surface area contributed by atoms with Gasteiger partial charge in [0.25, 0.3) is 0 Å². The fourth-order valence-corrected chi connectivity index (χ4v) is 4.58. The average molecular weight is 284 g/mol. The van der Waals surface area contributed by atoms with Crippen LogP contribution in [0.5, 0.6) is 0 Å². The van der Waals surface area contributed by atoms with Crippen LogP contribution < -0.4 is 5.32 Å². The van der Waals surface area contributed by atoms with Crippen molar-refractivity contribution in [2.24, 2.45) is 5.92 Å². The van der Waals surface area contributed by atoms with E-state index in [0.717, 1.165) is 17.0 Å². The van der Waals surface area contributed by atoms with Crippen molar-refractivity contribution in [2.45, 2.75) is 56.9 Å². The zero-order chi connectivity index (χ0) is 12.4. The van der Waals surface area contributed by atoms with Gasteiger partial charge >= 0.3 is 0 Å². The van der Waals surface area contributed by atoms with E-state index >= 15 is 0 Å². The minimum absolute atomic E-state index is 0.700. The van der Waals surface area contributed by atoms with E-state index in [2.05, 4.69) is 16.8 Å². The second-order valence-corrected chi connectivity index (χ2v) is 7.17. The van der Waals surface area contributed by atoms with Crippen molar-refractivity contribution >= 4 is 22.9 Å². The van der Waals surface area contributed by atoms with E-state index in [1.165, 1.54) is 56.4 Å². The summed E-state index contributed by atoms with van der Waals surface area (Å²) in [5.41, 5.74) is 0. The Morgan fingerprint density at radius 2 is 2.00 bits per heavy atom. The molecule has 0 aromatic carbocycles. The molecule has 0 saturated heterocycles. The average Bonchev–Trinajstić information content (AvgIpc) is 3.14. The molecule has 2 atom stereocenters. The van der Waals surface area contributed by atoms with Gasteiger partial charge in [-0.3, -0.25) is 0 Å². The number of thiophene rings is 1.